The number of hydrogen-bond acceptors (Lipinski definition) is 6. The van der Waals surface area contributed by atoms with Crippen LogP contribution in [0.5, 0.6) is 0 Å². The Hall–Kier alpha value is -0.0900. The Morgan fingerprint density at radius 1 is 0.867 bits per heavy atom. The summed E-state index contributed by atoms with van der Waals surface area (Å²) >= 11 is 0. The van der Waals surface area contributed by atoms with E-state index in [1.807, 2.05) is 0 Å². The molecule has 10 heteroatoms. The normalized spacial score (nSPS) is 17.3. The molecule has 0 bridgehead atoms. The maximum Gasteiger partial charge on any atom is 0.466 e. The van der Waals surface area contributed by atoms with Crippen LogP contribution in [0.3, 0.4) is 0 Å². The van der Waals surface area contributed by atoms with Crippen LogP contribution in [0.25, 0.3) is 0 Å². The predicted molar refractivity (Wildman–Crippen MR) is 46.5 cm³/mol. The summed E-state index contributed by atoms with van der Waals surface area (Å²) in [5, 5.41) is 42.6. The first-order chi connectivity index (χ1) is 6.63. The summed E-state index contributed by atoms with van der Waals surface area (Å²) in [6.07, 6.45) is -4.29. The summed E-state index contributed by atoms with van der Waals surface area (Å²) in [4.78, 5) is 21.6. The summed E-state index contributed by atoms with van der Waals surface area (Å²) in [7, 11) is -4.64. The van der Waals surface area contributed by atoms with Gasteiger partial charge in [-0.3, -0.25) is 0 Å². The van der Waals surface area contributed by atoms with Crippen molar-refractivity contribution in [2.75, 3.05) is 13.2 Å². The van der Waals surface area contributed by atoms with E-state index in [4.69, 9.17) is 44.8 Å². The lowest BCUT2D eigenvalue weighted by molar-refractivity contribution is -0.0900. The Kier molecular flexibility index (Phi) is 9.36. The van der Waals surface area contributed by atoms with Gasteiger partial charge in [-0.25, -0.2) is 4.57 Å². The van der Waals surface area contributed by atoms with Crippen LogP contribution in [0.4, 0.5) is 0 Å². The summed E-state index contributed by atoms with van der Waals surface area (Å²) in [6.45, 7) is -1.28. The molecule has 0 saturated carbocycles. The number of hydrogen-bond donors (Lipinski definition) is 8. The van der Waals surface area contributed by atoms with Gasteiger partial charge >= 0.3 is 7.82 Å². The first-order valence-electron chi connectivity index (χ1n) is 3.67. The molecule has 0 aromatic carbocycles. The van der Waals surface area contributed by atoms with Gasteiger partial charge < -0.3 is 40.2 Å². The molecule has 0 radical (unpaired) electrons. The molecule has 0 heterocycles. The van der Waals surface area contributed by atoms with Crippen molar-refractivity contribution in [2.24, 2.45) is 0 Å². The van der Waals surface area contributed by atoms with Gasteiger partial charge in [0.05, 0.1) is 13.2 Å². The Balaban J connectivity index is 0. The number of aliphatic hydroxyl groups excluding tert-OH is 5. The van der Waals surface area contributed by atoms with E-state index < -0.39 is 39.3 Å². The van der Waals surface area contributed by atoms with Crippen molar-refractivity contribution in [3.63, 3.8) is 0 Å². The minimum atomic E-state index is -4.64. The average molecular weight is 250 g/mol. The van der Waals surface area contributed by atoms with Crippen LogP contribution >= 0.6 is 7.82 Å². The third kappa shape index (κ3) is 13.9. The zero-order valence-corrected chi connectivity index (χ0v) is 8.47. The molecule has 0 aromatic heterocycles. The van der Waals surface area contributed by atoms with Gasteiger partial charge in [0.2, 0.25) is 0 Å². The van der Waals surface area contributed by atoms with Gasteiger partial charge in [0.15, 0.2) is 0 Å². The number of rotatable bonds is 4. The Bertz CT molecular complexity index is 173. The largest absolute Gasteiger partial charge is 0.466 e. The molecule has 0 aromatic rings. The van der Waals surface area contributed by atoms with E-state index in [1.54, 1.807) is 0 Å². The second-order valence-electron chi connectivity index (χ2n) is 2.50. The molecule has 94 valence electrons. The van der Waals surface area contributed by atoms with Gasteiger partial charge in [0.25, 0.3) is 0 Å². The van der Waals surface area contributed by atoms with Crippen LogP contribution in [0, 0.1) is 0 Å². The molecule has 15 heavy (non-hydrogen) atoms. The molecule has 0 spiro atoms. The van der Waals surface area contributed by atoms with E-state index in [0.29, 0.717) is 0 Å². The molecular weight excluding hydrogens is 235 g/mol. The van der Waals surface area contributed by atoms with E-state index in [0.717, 1.165) is 0 Å². The molecule has 0 rings (SSSR count). The van der Waals surface area contributed by atoms with E-state index >= 15 is 0 Å². The first-order valence-corrected chi connectivity index (χ1v) is 5.24. The Morgan fingerprint density at radius 3 is 1.20 bits per heavy atom. The second kappa shape index (κ2) is 8.11. The molecule has 0 aliphatic heterocycles. The second-order valence-corrected chi connectivity index (χ2v) is 3.53. The zero-order chi connectivity index (χ0) is 12.6. The highest BCUT2D eigenvalue weighted by molar-refractivity contribution is 7.45. The minimum Gasteiger partial charge on any atom is -0.394 e. The van der Waals surface area contributed by atoms with E-state index in [1.165, 1.54) is 0 Å². The van der Waals surface area contributed by atoms with Crippen molar-refractivity contribution in [1.29, 1.82) is 0 Å². The van der Waals surface area contributed by atoms with Gasteiger partial charge in [-0.2, -0.15) is 0 Å². The van der Waals surface area contributed by atoms with Gasteiger partial charge in [-0.05, 0) is 0 Å². The quantitative estimate of drug-likeness (QED) is 0.231. The summed E-state index contributed by atoms with van der Waals surface area (Å²) < 4.78 is 8.88. The molecule has 9 nitrogen and oxygen atoms in total. The monoisotopic (exact) mass is 250 g/mol. The standard InChI is InChI=1S/C5H12O5.H3O4P/c6-1-3(8)5(10)4(9)2-7;1-5(2,3)4/h3-10H,1-2H2;(H3,1,2,3,4)/t3-,4+,5-;. The third-order valence-electron chi connectivity index (χ3n) is 1.16. The maximum absolute atomic E-state index is 8.88. The minimum absolute atomic E-state index is 0.641. The van der Waals surface area contributed by atoms with Crippen LogP contribution in [0.2, 0.25) is 0 Å². The highest BCUT2D eigenvalue weighted by Crippen LogP contribution is 2.25. The Morgan fingerprint density at radius 2 is 1.07 bits per heavy atom. The SMILES string of the molecule is O=P(O)(O)O.OC[C@@H](O)[C@@H](O)[C@@H](O)CO. The molecule has 0 aliphatic carbocycles. The molecule has 3 atom stereocenters. The fourth-order valence-corrected chi connectivity index (χ4v) is 0.472. The summed E-state index contributed by atoms with van der Waals surface area (Å²) in [5.41, 5.74) is 0. The van der Waals surface area contributed by atoms with Crippen molar-refractivity contribution >= 4 is 7.82 Å². The molecular formula is C5H15O9P. The van der Waals surface area contributed by atoms with Crippen molar-refractivity contribution in [3.8, 4) is 0 Å². The third-order valence-corrected chi connectivity index (χ3v) is 1.16. The van der Waals surface area contributed by atoms with Crippen LogP contribution in [0.1, 0.15) is 0 Å². The van der Waals surface area contributed by atoms with Gasteiger partial charge in [0, 0.05) is 0 Å². The van der Waals surface area contributed by atoms with Crippen molar-refractivity contribution in [2.45, 2.75) is 18.3 Å². The first kappa shape index (κ1) is 17.3. The highest BCUT2D eigenvalue weighted by atomic mass is 31.2. The fraction of sp³-hybridized carbons (Fsp3) is 1.00. The zero-order valence-electron chi connectivity index (χ0n) is 7.58. The molecule has 0 saturated heterocycles. The lowest BCUT2D eigenvalue weighted by Crippen LogP contribution is -2.41. The van der Waals surface area contributed by atoms with E-state index in [2.05, 4.69) is 0 Å². The number of phosphoric acid groups is 1. The maximum atomic E-state index is 8.88. The van der Waals surface area contributed by atoms with Crippen molar-refractivity contribution in [1.82, 2.24) is 0 Å². The van der Waals surface area contributed by atoms with Crippen molar-refractivity contribution in [3.05, 3.63) is 0 Å². The smallest absolute Gasteiger partial charge is 0.394 e. The van der Waals surface area contributed by atoms with Crippen LogP contribution in [0.15, 0.2) is 0 Å². The van der Waals surface area contributed by atoms with Crippen LogP contribution in [-0.2, 0) is 4.57 Å². The van der Waals surface area contributed by atoms with E-state index in [9.17, 15) is 0 Å². The van der Waals surface area contributed by atoms with Gasteiger partial charge in [-0.1, -0.05) is 0 Å². The lowest BCUT2D eigenvalue weighted by atomic mass is 10.1. The molecule has 0 aliphatic rings. The fourth-order valence-electron chi connectivity index (χ4n) is 0.472. The van der Waals surface area contributed by atoms with Crippen LogP contribution in [-0.4, -0.2) is 71.7 Å². The van der Waals surface area contributed by atoms with Crippen LogP contribution < -0.4 is 0 Å². The van der Waals surface area contributed by atoms with E-state index in [-0.39, 0.29) is 0 Å². The Labute approximate surface area is 85.1 Å². The van der Waals surface area contributed by atoms with Crippen molar-refractivity contribution < 1.29 is 44.8 Å². The topological polar surface area (TPSA) is 179 Å². The molecule has 0 amide bonds. The summed E-state index contributed by atoms with van der Waals surface area (Å²) in [5.74, 6) is 0. The highest BCUT2D eigenvalue weighted by Gasteiger charge is 2.22. The predicted octanol–water partition coefficient (Wildman–Crippen LogP) is -3.87. The molecule has 0 unspecified atom stereocenters. The van der Waals surface area contributed by atoms with Gasteiger partial charge in [-0.15, -0.1) is 0 Å². The van der Waals surface area contributed by atoms with Gasteiger partial charge in [0.1, 0.15) is 18.3 Å². The average Bonchev–Trinajstić information content (AvgIpc) is 2.11. The summed E-state index contributed by atoms with van der Waals surface area (Å²) in [6, 6.07) is 0. The lowest BCUT2D eigenvalue weighted by Gasteiger charge is -2.19. The number of aliphatic hydroxyl groups is 5. The molecule has 8 N–H and O–H groups in total. The molecule has 0 fully saturated rings.